The molecule has 0 bridgehead atoms. The Morgan fingerprint density at radius 3 is 2.65 bits per heavy atom. The standard InChI is InChI=1S/C8H11N7OS/c1-17-8-12-10-6-9-11-7(13-15(6)8)14-2-4-16-5-3-14/h2-5H2,1H3. The van der Waals surface area contributed by atoms with Crippen LogP contribution in [0.3, 0.4) is 0 Å². The van der Waals surface area contributed by atoms with E-state index in [1.54, 1.807) is 4.52 Å². The fourth-order valence-electron chi connectivity index (χ4n) is 1.62. The number of rotatable bonds is 2. The van der Waals surface area contributed by atoms with Crippen molar-refractivity contribution < 1.29 is 4.74 Å². The molecule has 2 aromatic heterocycles. The smallest absolute Gasteiger partial charge is 0.291 e. The molecule has 1 saturated heterocycles. The van der Waals surface area contributed by atoms with Crippen molar-refractivity contribution in [2.45, 2.75) is 5.16 Å². The SMILES string of the molecule is CSc1nnc2nnc(N3CCOCC3)nn12. The van der Waals surface area contributed by atoms with E-state index in [2.05, 4.69) is 25.5 Å². The average molecular weight is 253 g/mol. The monoisotopic (exact) mass is 253 g/mol. The maximum Gasteiger partial charge on any atom is 0.291 e. The summed E-state index contributed by atoms with van der Waals surface area (Å²) in [6, 6.07) is 0. The van der Waals surface area contributed by atoms with Crippen molar-refractivity contribution in [3.05, 3.63) is 0 Å². The number of hydrogen-bond acceptors (Lipinski definition) is 8. The minimum absolute atomic E-state index is 0.423. The zero-order valence-electron chi connectivity index (χ0n) is 9.28. The third-order valence-corrected chi connectivity index (χ3v) is 3.11. The number of aromatic nitrogens is 6. The van der Waals surface area contributed by atoms with Gasteiger partial charge in [-0.2, -0.15) is 4.52 Å². The van der Waals surface area contributed by atoms with Gasteiger partial charge in [-0.15, -0.1) is 25.5 Å². The van der Waals surface area contributed by atoms with Gasteiger partial charge in [0.05, 0.1) is 13.2 Å². The molecule has 2 aromatic rings. The fourth-order valence-corrected chi connectivity index (χ4v) is 2.04. The van der Waals surface area contributed by atoms with Crippen LogP contribution in [-0.2, 0) is 4.74 Å². The van der Waals surface area contributed by atoms with E-state index in [1.807, 2.05) is 11.2 Å². The van der Waals surface area contributed by atoms with E-state index in [-0.39, 0.29) is 0 Å². The van der Waals surface area contributed by atoms with E-state index < -0.39 is 0 Å². The lowest BCUT2D eigenvalue weighted by atomic mass is 10.4. The van der Waals surface area contributed by atoms with Crippen LogP contribution >= 0.6 is 11.8 Å². The maximum atomic E-state index is 5.29. The first-order valence-corrected chi connectivity index (χ1v) is 6.44. The highest BCUT2D eigenvalue weighted by Gasteiger charge is 2.16. The van der Waals surface area contributed by atoms with Crippen molar-refractivity contribution in [2.24, 2.45) is 0 Å². The highest BCUT2D eigenvalue weighted by molar-refractivity contribution is 7.98. The highest BCUT2D eigenvalue weighted by Crippen LogP contribution is 2.13. The Hall–Kier alpha value is -1.48. The number of morpholine rings is 1. The molecule has 0 aliphatic carbocycles. The third-order valence-electron chi connectivity index (χ3n) is 2.49. The molecule has 3 heterocycles. The summed E-state index contributed by atoms with van der Waals surface area (Å²) in [7, 11) is 0. The van der Waals surface area contributed by atoms with E-state index >= 15 is 0 Å². The number of ether oxygens (including phenoxy) is 1. The van der Waals surface area contributed by atoms with Crippen molar-refractivity contribution in [1.82, 2.24) is 30.0 Å². The van der Waals surface area contributed by atoms with Crippen LogP contribution in [0.5, 0.6) is 0 Å². The molecular formula is C8H11N7OS. The minimum atomic E-state index is 0.423. The van der Waals surface area contributed by atoms with Gasteiger partial charge in [-0.25, -0.2) is 0 Å². The summed E-state index contributed by atoms with van der Waals surface area (Å²) < 4.78 is 6.90. The quantitative estimate of drug-likeness (QED) is 0.661. The molecule has 3 rings (SSSR count). The van der Waals surface area contributed by atoms with Gasteiger partial charge in [0, 0.05) is 13.1 Å². The van der Waals surface area contributed by atoms with Crippen LogP contribution in [0.2, 0.25) is 0 Å². The van der Waals surface area contributed by atoms with Gasteiger partial charge in [0.15, 0.2) is 0 Å². The fraction of sp³-hybridized carbons (Fsp3) is 0.625. The summed E-state index contributed by atoms with van der Waals surface area (Å²) in [5, 5.41) is 21.0. The van der Waals surface area contributed by atoms with E-state index in [0.29, 0.717) is 30.1 Å². The first-order valence-electron chi connectivity index (χ1n) is 5.21. The van der Waals surface area contributed by atoms with E-state index in [9.17, 15) is 0 Å². The first kappa shape index (κ1) is 10.7. The lowest BCUT2D eigenvalue weighted by Crippen LogP contribution is -2.37. The molecule has 1 fully saturated rings. The van der Waals surface area contributed by atoms with Crippen molar-refractivity contribution in [3.8, 4) is 0 Å². The molecular weight excluding hydrogens is 242 g/mol. The summed E-state index contributed by atoms with van der Waals surface area (Å²) in [5.74, 6) is 1.02. The molecule has 0 saturated carbocycles. The van der Waals surface area contributed by atoms with Gasteiger partial charge in [0.25, 0.3) is 11.7 Å². The molecule has 90 valence electrons. The van der Waals surface area contributed by atoms with Crippen LogP contribution in [0.4, 0.5) is 5.95 Å². The Kier molecular flexibility index (Phi) is 2.77. The second-order valence-corrected chi connectivity index (χ2v) is 4.27. The predicted octanol–water partition coefficient (Wildman–Crippen LogP) is -0.527. The molecule has 0 amide bonds. The summed E-state index contributed by atoms with van der Waals surface area (Å²) in [5.41, 5.74) is 0. The molecule has 0 aromatic carbocycles. The van der Waals surface area contributed by atoms with Gasteiger partial charge in [-0.1, -0.05) is 11.8 Å². The molecule has 0 spiro atoms. The molecule has 0 unspecified atom stereocenters. The third kappa shape index (κ3) is 1.91. The van der Waals surface area contributed by atoms with Crippen LogP contribution < -0.4 is 4.90 Å². The lowest BCUT2D eigenvalue weighted by molar-refractivity contribution is 0.121. The van der Waals surface area contributed by atoms with Crippen LogP contribution in [0.15, 0.2) is 5.16 Å². The molecule has 0 radical (unpaired) electrons. The average Bonchev–Trinajstić information content (AvgIpc) is 2.81. The Morgan fingerprint density at radius 1 is 1.12 bits per heavy atom. The van der Waals surface area contributed by atoms with Crippen molar-refractivity contribution in [2.75, 3.05) is 37.5 Å². The zero-order valence-corrected chi connectivity index (χ0v) is 10.1. The summed E-state index contributed by atoms with van der Waals surface area (Å²) >= 11 is 1.48. The summed E-state index contributed by atoms with van der Waals surface area (Å²) in [6.45, 7) is 2.95. The Balaban J connectivity index is 1.99. The second kappa shape index (κ2) is 4.41. The normalized spacial score (nSPS) is 16.6. The second-order valence-electron chi connectivity index (χ2n) is 3.50. The van der Waals surface area contributed by atoms with Crippen LogP contribution in [0.25, 0.3) is 5.78 Å². The molecule has 8 nitrogen and oxygen atoms in total. The highest BCUT2D eigenvalue weighted by atomic mass is 32.2. The molecule has 0 atom stereocenters. The topological polar surface area (TPSA) is 81.3 Å². The number of fused-ring (bicyclic) bond motifs is 1. The van der Waals surface area contributed by atoms with Crippen LogP contribution in [-0.4, -0.2) is 62.6 Å². The van der Waals surface area contributed by atoms with E-state index in [0.717, 1.165) is 13.1 Å². The maximum absolute atomic E-state index is 5.29. The van der Waals surface area contributed by atoms with Crippen molar-refractivity contribution in [1.29, 1.82) is 0 Å². The predicted molar refractivity (Wildman–Crippen MR) is 61.2 cm³/mol. The van der Waals surface area contributed by atoms with Gasteiger partial charge in [-0.05, 0) is 6.26 Å². The molecule has 9 heteroatoms. The number of nitrogens with zero attached hydrogens (tertiary/aromatic N) is 7. The van der Waals surface area contributed by atoms with Gasteiger partial charge < -0.3 is 9.64 Å². The lowest BCUT2D eigenvalue weighted by Gasteiger charge is -2.25. The Labute approximate surface area is 101 Å². The molecule has 1 aliphatic heterocycles. The van der Waals surface area contributed by atoms with Gasteiger partial charge in [-0.3, -0.25) is 0 Å². The molecule has 0 N–H and O–H groups in total. The Morgan fingerprint density at radius 2 is 1.88 bits per heavy atom. The first-order chi connectivity index (χ1) is 8.38. The van der Waals surface area contributed by atoms with Gasteiger partial charge in [0.1, 0.15) is 0 Å². The minimum Gasteiger partial charge on any atom is -0.378 e. The summed E-state index contributed by atoms with van der Waals surface area (Å²) in [4.78, 5) is 2.04. The Bertz CT molecular complexity index is 524. The number of thioether (sulfide) groups is 1. The van der Waals surface area contributed by atoms with E-state index in [4.69, 9.17) is 4.74 Å². The molecule has 17 heavy (non-hydrogen) atoms. The van der Waals surface area contributed by atoms with Crippen LogP contribution in [0.1, 0.15) is 0 Å². The number of anilines is 1. The largest absolute Gasteiger partial charge is 0.378 e. The summed E-state index contributed by atoms with van der Waals surface area (Å²) in [6.07, 6.45) is 1.92. The van der Waals surface area contributed by atoms with Gasteiger partial charge in [0.2, 0.25) is 5.16 Å². The zero-order chi connectivity index (χ0) is 11.7. The van der Waals surface area contributed by atoms with Crippen LogP contribution in [0, 0.1) is 0 Å². The molecule has 1 aliphatic rings. The van der Waals surface area contributed by atoms with Crippen molar-refractivity contribution in [3.63, 3.8) is 0 Å². The van der Waals surface area contributed by atoms with Gasteiger partial charge >= 0.3 is 0 Å². The van der Waals surface area contributed by atoms with Crippen molar-refractivity contribution >= 4 is 23.5 Å². The van der Waals surface area contributed by atoms with E-state index in [1.165, 1.54) is 11.8 Å². The number of hydrogen-bond donors (Lipinski definition) is 0.